The molecule has 0 radical (unpaired) electrons. The Balaban J connectivity index is 1.72. The Hall–Kier alpha value is -2.42. The molecule has 0 amide bonds. The number of aliphatic hydroxyl groups is 1. The molecule has 28 heavy (non-hydrogen) atoms. The van der Waals surface area contributed by atoms with Crippen LogP contribution in [0.3, 0.4) is 0 Å². The van der Waals surface area contributed by atoms with Gasteiger partial charge >= 0.3 is 0 Å². The van der Waals surface area contributed by atoms with E-state index in [9.17, 15) is 14.3 Å². The van der Waals surface area contributed by atoms with Crippen LogP contribution in [0.5, 0.6) is 5.75 Å². The van der Waals surface area contributed by atoms with Gasteiger partial charge in [-0.05, 0) is 24.3 Å². The fourth-order valence-electron chi connectivity index (χ4n) is 2.60. The maximum absolute atomic E-state index is 13.6. The van der Waals surface area contributed by atoms with Gasteiger partial charge in [0.15, 0.2) is 16.7 Å². The van der Waals surface area contributed by atoms with E-state index in [0.29, 0.717) is 29.2 Å². The highest BCUT2D eigenvalue weighted by molar-refractivity contribution is 7.99. The van der Waals surface area contributed by atoms with Crippen molar-refractivity contribution in [2.45, 2.75) is 17.8 Å². The first-order valence-electron chi connectivity index (χ1n) is 8.77. The number of hydrogen-bond acceptors (Lipinski definition) is 6. The number of benzene rings is 2. The van der Waals surface area contributed by atoms with Gasteiger partial charge in [0.05, 0.1) is 30.2 Å². The van der Waals surface area contributed by atoms with E-state index in [-0.39, 0.29) is 23.7 Å². The normalized spacial score (nSPS) is 12.2. The van der Waals surface area contributed by atoms with Crippen LogP contribution >= 0.6 is 11.8 Å². The number of para-hydroxylation sites is 2. The molecule has 0 unspecified atom stereocenters. The van der Waals surface area contributed by atoms with Crippen LogP contribution in [0.15, 0.2) is 58.5 Å². The van der Waals surface area contributed by atoms with E-state index in [1.165, 1.54) is 23.9 Å². The van der Waals surface area contributed by atoms with Crippen LogP contribution < -0.4 is 10.3 Å². The van der Waals surface area contributed by atoms with E-state index in [4.69, 9.17) is 9.47 Å². The molecule has 1 atom stereocenters. The maximum atomic E-state index is 13.6. The van der Waals surface area contributed by atoms with E-state index in [2.05, 4.69) is 4.98 Å². The lowest BCUT2D eigenvalue weighted by atomic mass is 10.2. The Morgan fingerprint density at radius 2 is 1.96 bits per heavy atom. The van der Waals surface area contributed by atoms with Crippen molar-refractivity contribution in [3.05, 3.63) is 64.7 Å². The molecule has 0 aliphatic heterocycles. The third-order valence-corrected chi connectivity index (χ3v) is 5.14. The SMILES string of the molecule is COCCn1c(SC[C@H](O)COc2ccccc2F)nc2ccccc2c1=O. The van der Waals surface area contributed by atoms with Crippen molar-refractivity contribution in [1.29, 1.82) is 0 Å². The Morgan fingerprint density at radius 3 is 2.75 bits per heavy atom. The molecule has 0 aliphatic rings. The van der Waals surface area contributed by atoms with Crippen molar-refractivity contribution in [1.82, 2.24) is 9.55 Å². The van der Waals surface area contributed by atoms with Crippen LogP contribution in [-0.4, -0.2) is 46.8 Å². The van der Waals surface area contributed by atoms with Gasteiger partial charge < -0.3 is 14.6 Å². The number of fused-ring (bicyclic) bond motifs is 1. The highest BCUT2D eigenvalue weighted by Gasteiger charge is 2.14. The average Bonchev–Trinajstić information content (AvgIpc) is 2.71. The molecule has 0 saturated heterocycles. The van der Waals surface area contributed by atoms with Crippen molar-refractivity contribution >= 4 is 22.7 Å². The Labute approximate surface area is 165 Å². The van der Waals surface area contributed by atoms with Gasteiger partial charge in [0.25, 0.3) is 5.56 Å². The topological polar surface area (TPSA) is 73.6 Å². The first-order chi connectivity index (χ1) is 13.6. The van der Waals surface area contributed by atoms with Crippen molar-refractivity contribution in [3.63, 3.8) is 0 Å². The van der Waals surface area contributed by atoms with Crippen LogP contribution in [0.2, 0.25) is 0 Å². The second kappa shape index (κ2) is 9.68. The first kappa shape index (κ1) is 20.3. The fraction of sp³-hybridized carbons (Fsp3) is 0.300. The van der Waals surface area contributed by atoms with E-state index in [1.807, 2.05) is 6.07 Å². The second-order valence-electron chi connectivity index (χ2n) is 6.07. The van der Waals surface area contributed by atoms with Gasteiger partial charge in [-0.3, -0.25) is 9.36 Å². The summed E-state index contributed by atoms with van der Waals surface area (Å²) < 4.78 is 25.5. The van der Waals surface area contributed by atoms with Crippen LogP contribution in [0, 0.1) is 5.82 Å². The predicted octanol–water partition coefficient (Wildman–Crippen LogP) is 2.71. The minimum Gasteiger partial charge on any atom is -0.488 e. The molecule has 0 bridgehead atoms. The molecular weight excluding hydrogens is 383 g/mol. The van der Waals surface area contributed by atoms with Gasteiger partial charge in [-0.25, -0.2) is 9.37 Å². The molecule has 2 aromatic carbocycles. The summed E-state index contributed by atoms with van der Waals surface area (Å²) in [5, 5.41) is 11.2. The van der Waals surface area contributed by atoms with Gasteiger partial charge in [-0.1, -0.05) is 36.0 Å². The molecule has 1 N–H and O–H groups in total. The Kier molecular flexibility index (Phi) is 7.02. The zero-order valence-corrected chi connectivity index (χ0v) is 16.2. The average molecular weight is 404 g/mol. The van der Waals surface area contributed by atoms with Crippen LogP contribution in [0.1, 0.15) is 0 Å². The first-order valence-corrected chi connectivity index (χ1v) is 9.75. The zero-order chi connectivity index (χ0) is 19.9. The van der Waals surface area contributed by atoms with Gasteiger partial charge in [0, 0.05) is 12.9 Å². The predicted molar refractivity (Wildman–Crippen MR) is 107 cm³/mol. The third kappa shape index (κ3) is 4.89. The number of nitrogens with zero attached hydrogens (tertiary/aromatic N) is 2. The van der Waals surface area contributed by atoms with Crippen LogP contribution in [0.25, 0.3) is 10.9 Å². The molecule has 8 heteroatoms. The number of hydrogen-bond donors (Lipinski definition) is 1. The lowest BCUT2D eigenvalue weighted by Gasteiger charge is -2.15. The minimum absolute atomic E-state index is 0.0657. The largest absolute Gasteiger partial charge is 0.488 e. The van der Waals surface area contributed by atoms with Gasteiger partial charge in [0.1, 0.15) is 6.61 Å². The lowest BCUT2D eigenvalue weighted by Crippen LogP contribution is -2.26. The van der Waals surface area contributed by atoms with Gasteiger partial charge in [-0.2, -0.15) is 0 Å². The quantitative estimate of drug-likeness (QED) is 0.437. The molecule has 0 saturated carbocycles. The molecule has 0 spiro atoms. The summed E-state index contributed by atoms with van der Waals surface area (Å²) in [5.74, 6) is -0.147. The number of halogens is 1. The summed E-state index contributed by atoms with van der Waals surface area (Å²) in [5.41, 5.74) is 0.447. The standard InChI is InChI=1S/C20H21FN2O4S/c1-26-11-10-23-19(25)15-6-2-4-8-17(15)22-20(23)28-13-14(24)12-27-18-9-5-3-7-16(18)21/h2-9,14,24H,10-13H2,1H3/t14-/m1/s1. The number of aliphatic hydroxyl groups excluding tert-OH is 1. The molecule has 148 valence electrons. The smallest absolute Gasteiger partial charge is 0.262 e. The number of methoxy groups -OCH3 is 1. The maximum Gasteiger partial charge on any atom is 0.262 e. The van der Waals surface area contributed by atoms with E-state index < -0.39 is 11.9 Å². The molecular formula is C20H21FN2O4S. The lowest BCUT2D eigenvalue weighted by molar-refractivity contribution is 0.123. The van der Waals surface area contributed by atoms with Crippen molar-refractivity contribution < 1.29 is 19.0 Å². The molecule has 0 fully saturated rings. The molecule has 6 nitrogen and oxygen atoms in total. The van der Waals surface area contributed by atoms with Crippen molar-refractivity contribution in [2.24, 2.45) is 0 Å². The summed E-state index contributed by atoms with van der Waals surface area (Å²) in [6.07, 6.45) is -0.858. The highest BCUT2D eigenvalue weighted by Crippen LogP contribution is 2.20. The number of aromatic nitrogens is 2. The molecule has 1 aromatic heterocycles. The van der Waals surface area contributed by atoms with Crippen LogP contribution in [0.4, 0.5) is 4.39 Å². The Morgan fingerprint density at radius 1 is 1.21 bits per heavy atom. The van der Waals surface area contributed by atoms with E-state index in [1.54, 1.807) is 42.0 Å². The molecule has 0 aliphatic carbocycles. The summed E-state index contributed by atoms with van der Waals surface area (Å²) in [6.45, 7) is 0.660. The summed E-state index contributed by atoms with van der Waals surface area (Å²) >= 11 is 1.25. The van der Waals surface area contributed by atoms with Crippen LogP contribution in [-0.2, 0) is 11.3 Å². The van der Waals surface area contributed by atoms with Crippen molar-refractivity contribution in [2.75, 3.05) is 26.1 Å². The Bertz CT molecular complexity index is 995. The van der Waals surface area contributed by atoms with E-state index in [0.717, 1.165) is 0 Å². The third-order valence-electron chi connectivity index (χ3n) is 4.02. The highest BCUT2D eigenvalue weighted by atomic mass is 32.2. The van der Waals surface area contributed by atoms with E-state index >= 15 is 0 Å². The monoisotopic (exact) mass is 404 g/mol. The molecule has 3 aromatic rings. The summed E-state index contributed by atoms with van der Waals surface area (Å²) in [6, 6.07) is 13.2. The van der Waals surface area contributed by atoms with Gasteiger partial charge in [-0.15, -0.1) is 0 Å². The molecule has 1 heterocycles. The number of ether oxygens (including phenoxy) is 2. The zero-order valence-electron chi connectivity index (χ0n) is 15.4. The second-order valence-corrected chi connectivity index (χ2v) is 7.05. The molecule has 3 rings (SSSR count). The number of thioether (sulfide) groups is 1. The van der Waals surface area contributed by atoms with Crippen molar-refractivity contribution in [3.8, 4) is 5.75 Å². The van der Waals surface area contributed by atoms with Gasteiger partial charge in [0.2, 0.25) is 0 Å². The summed E-state index contributed by atoms with van der Waals surface area (Å²) in [4.78, 5) is 17.3. The number of rotatable bonds is 9. The minimum atomic E-state index is -0.858. The summed E-state index contributed by atoms with van der Waals surface area (Å²) in [7, 11) is 1.57. The fourth-order valence-corrected chi connectivity index (χ4v) is 3.53.